The fourth-order valence-corrected chi connectivity index (χ4v) is 2.58. The molecule has 0 radical (unpaired) electrons. The van der Waals surface area contributed by atoms with Crippen molar-refractivity contribution in [3.05, 3.63) is 54.2 Å². The number of rotatable bonds is 5. The Morgan fingerprint density at radius 3 is 2.74 bits per heavy atom. The van der Waals surface area contributed by atoms with Gasteiger partial charge in [0.05, 0.1) is 17.9 Å². The minimum Gasteiger partial charge on any atom is -0.462 e. The third kappa shape index (κ3) is 3.54. The van der Waals surface area contributed by atoms with Gasteiger partial charge in [-0.1, -0.05) is 18.2 Å². The highest BCUT2D eigenvalue weighted by Gasteiger charge is 2.12. The fraction of sp³-hybridized carbons (Fsp3) is 0.133. The van der Waals surface area contributed by atoms with Gasteiger partial charge in [0.25, 0.3) is 0 Å². The van der Waals surface area contributed by atoms with Gasteiger partial charge in [-0.25, -0.2) is 9.78 Å². The van der Waals surface area contributed by atoms with Gasteiger partial charge in [0.15, 0.2) is 0 Å². The van der Waals surface area contributed by atoms with E-state index in [1.165, 1.54) is 18.0 Å². The Labute approximate surface area is 136 Å². The van der Waals surface area contributed by atoms with Crippen molar-refractivity contribution in [2.75, 3.05) is 6.61 Å². The molecule has 0 amide bonds. The summed E-state index contributed by atoms with van der Waals surface area (Å²) >= 11 is 1.31. The molecular weight excluding hydrogens is 314 g/mol. The van der Waals surface area contributed by atoms with E-state index in [1.54, 1.807) is 23.7 Å². The summed E-state index contributed by atoms with van der Waals surface area (Å²) in [6.07, 6.45) is 1.48. The standard InChI is InChI=1S/C15H13N5O2S/c1-2-22-14(21)11-8-9-13(16-10-11)23-15-17-18-19-20(15)12-6-4-3-5-7-12/h3-10H,2H2,1H3. The monoisotopic (exact) mass is 327 g/mol. The van der Waals surface area contributed by atoms with E-state index in [0.717, 1.165) is 5.69 Å². The van der Waals surface area contributed by atoms with Gasteiger partial charge in [-0.3, -0.25) is 0 Å². The van der Waals surface area contributed by atoms with Crippen LogP contribution >= 0.6 is 11.8 Å². The first-order valence-electron chi connectivity index (χ1n) is 6.92. The molecule has 7 nitrogen and oxygen atoms in total. The van der Waals surface area contributed by atoms with Crippen LogP contribution in [0.2, 0.25) is 0 Å². The van der Waals surface area contributed by atoms with Gasteiger partial charge in [-0.05, 0) is 53.4 Å². The van der Waals surface area contributed by atoms with E-state index < -0.39 is 0 Å². The van der Waals surface area contributed by atoms with Crippen molar-refractivity contribution >= 4 is 17.7 Å². The summed E-state index contributed by atoms with van der Waals surface area (Å²) in [5.41, 5.74) is 1.28. The van der Waals surface area contributed by atoms with Crippen molar-refractivity contribution in [3.8, 4) is 5.69 Å². The number of carbonyl (C=O) groups excluding carboxylic acids is 1. The zero-order chi connectivity index (χ0) is 16.1. The summed E-state index contributed by atoms with van der Waals surface area (Å²) in [6.45, 7) is 2.10. The van der Waals surface area contributed by atoms with Crippen LogP contribution in [0, 0.1) is 0 Å². The quantitative estimate of drug-likeness (QED) is 0.665. The van der Waals surface area contributed by atoms with Gasteiger partial charge < -0.3 is 4.74 Å². The summed E-state index contributed by atoms with van der Waals surface area (Å²) in [5.74, 6) is -0.384. The highest BCUT2D eigenvalue weighted by atomic mass is 32.2. The molecule has 0 aliphatic heterocycles. The smallest absolute Gasteiger partial charge is 0.339 e. The predicted octanol–water partition coefficient (Wildman–Crippen LogP) is 2.39. The third-order valence-corrected chi connectivity index (χ3v) is 3.77. The largest absolute Gasteiger partial charge is 0.462 e. The molecule has 116 valence electrons. The molecule has 0 N–H and O–H groups in total. The van der Waals surface area contributed by atoms with Gasteiger partial charge >= 0.3 is 5.97 Å². The Hall–Kier alpha value is -2.74. The van der Waals surface area contributed by atoms with E-state index in [-0.39, 0.29) is 5.97 Å². The van der Waals surface area contributed by atoms with E-state index in [0.29, 0.717) is 22.4 Å². The van der Waals surface area contributed by atoms with Crippen LogP contribution in [-0.4, -0.2) is 37.8 Å². The van der Waals surface area contributed by atoms with Crippen LogP contribution in [0.15, 0.2) is 58.8 Å². The van der Waals surface area contributed by atoms with Crippen LogP contribution in [0.3, 0.4) is 0 Å². The second-order valence-corrected chi connectivity index (χ2v) is 5.40. The van der Waals surface area contributed by atoms with Crippen molar-refractivity contribution in [1.29, 1.82) is 0 Å². The van der Waals surface area contributed by atoms with Gasteiger partial charge in [0, 0.05) is 6.20 Å². The number of tetrazole rings is 1. The lowest BCUT2D eigenvalue weighted by Crippen LogP contribution is -2.05. The van der Waals surface area contributed by atoms with Crippen LogP contribution in [0.4, 0.5) is 0 Å². The average molecular weight is 327 g/mol. The lowest BCUT2D eigenvalue weighted by atomic mass is 10.3. The summed E-state index contributed by atoms with van der Waals surface area (Å²) in [7, 11) is 0. The Morgan fingerprint density at radius 1 is 1.22 bits per heavy atom. The van der Waals surface area contributed by atoms with Crippen molar-refractivity contribution in [2.45, 2.75) is 17.1 Å². The normalized spacial score (nSPS) is 10.5. The molecule has 0 saturated heterocycles. The molecule has 0 bridgehead atoms. The molecule has 8 heteroatoms. The summed E-state index contributed by atoms with van der Waals surface area (Å²) in [6, 6.07) is 13.0. The van der Waals surface area contributed by atoms with E-state index in [2.05, 4.69) is 20.5 Å². The molecule has 2 aromatic heterocycles. The number of carbonyl (C=O) groups is 1. The number of hydrogen-bond donors (Lipinski definition) is 0. The first kappa shape index (κ1) is 15.2. The van der Waals surface area contributed by atoms with Crippen LogP contribution in [0.1, 0.15) is 17.3 Å². The van der Waals surface area contributed by atoms with Crippen molar-refractivity contribution in [2.24, 2.45) is 0 Å². The highest BCUT2D eigenvalue weighted by Crippen LogP contribution is 2.25. The molecule has 0 unspecified atom stereocenters. The number of para-hydroxylation sites is 1. The van der Waals surface area contributed by atoms with Crippen molar-refractivity contribution in [3.63, 3.8) is 0 Å². The first-order chi connectivity index (χ1) is 11.3. The zero-order valence-corrected chi connectivity index (χ0v) is 13.1. The molecule has 1 aromatic carbocycles. The average Bonchev–Trinajstić information content (AvgIpc) is 3.05. The molecule has 0 spiro atoms. The molecule has 0 aliphatic carbocycles. The minimum atomic E-state index is -0.384. The number of esters is 1. The molecule has 2 heterocycles. The highest BCUT2D eigenvalue weighted by molar-refractivity contribution is 7.99. The van der Waals surface area contributed by atoms with E-state index >= 15 is 0 Å². The molecule has 0 aliphatic rings. The number of nitrogens with zero attached hydrogens (tertiary/aromatic N) is 5. The van der Waals surface area contributed by atoms with E-state index in [1.807, 2.05) is 30.3 Å². The second-order valence-electron chi connectivity index (χ2n) is 4.42. The van der Waals surface area contributed by atoms with Crippen LogP contribution < -0.4 is 0 Å². The fourth-order valence-electron chi connectivity index (χ4n) is 1.84. The SMILES string of the molecule is CCOC(=O)c1ccc(Sc2nnnn2-c2ccccc2)nc1. The zero-order valence-electron chi connectivity index (χ0n) is 12.3. The Balaban J connectivity index is 1.78. The molecule has 0 fully saturated rings. The van der Waals surface area contributed by atoms with Crippen molar-refractivity contribution in [1.82, 2.24) is 25.2 Å². The van der Waals surface area contributed by atoms with Gasteiger partial charge in [0.2, 0.25) is 5.16 Å². The molecule has 3 aromatic rings. The molecule has 0 saturated carbocycles. The Kier molecular flexibility index (Phi) is 4.62. The number of ether oxygens (including phenoxy) is 1. The lowest BCUT2D eigenvalue weighted by Gasteiger charge is -2.04. The number of hydrogen-bond acceptors (Lipinski definition) is 7. The maximum absolute atomic E-state index is 11.6. The third-order valence-electron chi connectivity index (χ3n) is 2.88. The molecule has 0 atom stereocenters. The lowest BCUT2D eigenvalue weighted by molar-refractivity contribution is 0.0525. The second kappa shape index (κ2) is 7.01. The Bertz CT molecular complexity index is 789. The number of pyridine rings is 1. The molecular formula is C15H13N5O2S. The number of benzene rings is 1. The number of aromatic nitrogens is 5. The maximum atomic E-state index is 11.6. The maximum Gasteiger partial charge on any atom is 0.339 e. The molecule has 3 rings (SSSR count). The van der Waals surface area contributed by atoms with Crippen LogP contribution in [0.25, 0.3) is 5.69 Å². The molecule has 23 heavy (non-hydrogen) atoms. The van der Waals surface area contributed by atoms with Crippen LogP contribution in [0.5, 0.6) is 0 Å². The summed E-state index contributed by atoms with van der Waals surface area (Å²) < 4.78 is 6.56. The predicted molar refractivity (Wildman–Crippen MR) is 83.5 cm³/mol. The van der Waals surface area contributed by atoms with E-state index in [4.69, 9.17) is 4.74 Å². The minimum absolute atomic E-state index is 0.335. The van der Waals surface area contributed by atoms with E-state index in [9.17, 15) is 4.79 Å². The Morgan fingerprint density at radius 2 is 2.04 bits per heavy atom. The summed E-state index contributed by atoms with van der Waals surface area (Å²) in [4.78, 5) is 15.9. The van der Waals surface area contributed by atoms with Gasteiger partial charge in [-0.15, -0.1) is 5.10 Å². The van der Waals surface area contributed by atoms with Gasteiger partial charge in [0.1, 0.15) is 5.03 Å². The van der Waals surface area contributed by atoms with Gasteiger partial charge in [-0.2, -0.15) is 4.68 Å². The first-order valence-corrected chi connectivity index (χ1v) is 7.74. The summed E-state index contributed by atoms with van der Waals surface area (Å²) in [5, 5.41) is 13.0. The topological polar surface area (TPSA) is 82.8 Å². The van der Waals surface area contributed by atoms with Crippen LogP contribution in [-0.2, 0) is 4.74 Å². The van der Waals surface area contributed by atoms with Crippen molar-refractivity contribution < 1.29 is 9.53 Å².